The van der Waals surface area contributed by atoms with Crippen molar-refractivity contribution in [3.8, 4) is 0 Å². The average molecular weight is 378 g/mol. The predicted molar refractivity (Wildman–Crippen MR) is 90.7 cm³/mol. The summed E-state index contributed by atoms with van der Waals surface area (Å²) in [7, 11) is 0. The summed E-state index contributed by atoms with van der Waals surface area (Å²) in [5.41, 5.74) is -0.181. The summed E-state index contributed by atoms with van der Waals surface area (Å²) >= 11 is 0. The van der Waals surface area contributed by atoms with Crippen LogP contribution in [0, 0.1) is 0 Å². The number of carboxylic acids is 4. The summed E-state index contributed by atoms with van der Waals surface area (Å²) in [5.74, 6) is -4.80. The maximum absolute atomic E-state index is 10.1. The number of carboxylic acid groups (broad SMARTS) is 4. The zero-order chi connectivity index (χ0) is 21.1. The van der Waals surface area contributed by atoms with Crippen molar-refractivity contribution < 1.29 is 49.8 Å². The molecule has 6 N–H and O–H groups in total. The maximum atomic E-state index is 10.1. The van der Waals surface area contributed by atoms with Crippen LogP contribution >= 0.6 is 0 Å². The van der Waals surface area contributed by atoms with Crippen molar-refractivity contribution >= 4 is 23.9 Å². The van der Waals surface area contributed by atoms with E-state index in [1.54, 1.807) is 13.8 Å². The Morgan fingerprint density at radius 1 is 0.654 bits per heavy atom. The zero-order valence-electron chi connectivity index (χ0n) is 14.7. The van der Waals surface area contributed by atoms with E-state index in [-0.39, 0.29) is 37.2 Å². The molecule has 10 nitrogen and oxygen atoms in total. The zero-order valence-corrected chi connectivity index (χ0v) is 14.7. The molecule has 0 bridgehead atoms. The third-order valence-electron chi connectivity index (χ3n) is 2.47. The lowest BCUT2D eigenvalue weighted by Crippen LogP contribution is -2.02. The van der Waals surface area contributed by atoms with E-state index in [0.717, 1.165) is 12.8 Å². The molecule has 10 heteroatoms. The van der Waals surface area contributed by atoms with Gasteiger partial charge in [0.25, 0.3) is 0 Å². The molecular formula is C16H26O10. The van der Waals surface area contributed by atoms with E-state index in [0.29, 0.717) is 12.2 Å². The summed E-state index contributed by atoms with van der Waals surface area (Å²) in [6.07, 6.45) is 3.28. The highest BCUT2D eigenvalue weighted by Gasteiger charge is 2.05. The monoisotopic (exact) mass is 378 g/mol. The first-order chi connectivity index (χ1) is 12.1. The summed E-state index contributed by atoms with van der Waals surface area (Å²) in [6, 6.07) is 0. The highest BCUT2D eigenvalue weighted by Crippen LogP contribution is 1.99. The molecule has 0 unspecified atom stereocenters. The third-order valence-corrected chi connectivity index (χ3v) is 2.47. The molecule has 0 saturated heterocycles. The fraction of sp³-hybridized carbons (Fsp3) is 0.500. The van der Waals surface area contributed by atoms with Crippen LogP contribution in [0.5, 0.6) is 0 Å². The number of unbranched alkanes of at least 4 members (excludes halogenated alkanes) is 1. The lowest BCUT2D eigenvalue weighted by Gasteiger charge is -1.92. The number of aliphatic hydroxyl groups excluding tert-OH is 2. The van der Waals surface area contributed by atoms with E-state index in [9.17, 15) is 19.2 Å². The van der Waals surface area contributed by atoms with Crippen LogP contribution in [-0.2, 0) is 19.2 Å². The lowest BCUT2D eigenvalue weighted by atomic mass is 10.2. The Balaban J connectivity index is -0.000000316. The summed E-state index contributed by atoms with van der Waals surface area (Å²) < 4.78 is 0. The Hall–Kier alpha value is -2.72. The van der Waals surface area contributed by atoms with Gasteiger partial charge in [-0.3, -0.25) is 0 Å². The number of aliphatic hydroxyl groups is 2. The first-order valence-corrected chi connectivity index (χ1v) is 7.62. The van der Waals surface area contributed by atoms with Gasteiger partial charge in [0.05, 0.1) is 0 Å². The number of hydrogen-bond donors (Lipinski definition) is 6. The van der Waals surface area contributed by atoms with Gasteiger partial charge >= 0.3 is 23.9 Å². The van der Waals surface area contributed by atoms with Crippen LogP contribution in [0.25, 0.3) is 0 Å². The van der Waals surface area contributed by atoms with E-state index in [4.69, 9.17) is 30.6 Å². The van der Waals surface area contributed by atoms with Gasteiger partial charge in [0.1, 0.15) is 0 Å². The van der Waals surface area contributed by atoms with E-state index in [1.807, 2.05) is 0 Å². The third kappa shape index (κ3) is 21.3. The number of hydrogen-bond acceptors (Lipinski definition) is 6. The molecule has 0 aliphatic carbocycles. The predicted octanol–water partition coefficient (Wildman–Crippen LogP) is 0.735. The standard InChI is InChI=1S/2C6H8O4.C4H10O2/c2*1-2-4(6(9)10)3-5(7)8;5-3-1-2-4-6/h2*3H,2H2,1H3,(H,7,8)(H,9,10);5-6H,1-4H2/b2*4-3-;. The second kappa shape index (κ2) is 18.6. The highest BCUT2D eigenvalue weighted by molar-refractivity contribution is 5.95. The van der Waals surface area contributed by atoms with Crippen LogP contribution in [0.1, 0.15) is 39.5 Å². The molecule has 0 spiro atoms. The average Bonchev–Trinajstić information content (AvgIpc) is 2.55. The molecule has 0 aromatic heterocycles. The van der Waals surface area contributed by atoms with Gasteiger partial charge in [0.2, 0.25) is 0 Å². The number of carbonyl (C=O) groups is 4. The molecule has 0 amide bonds. The molecule has 0 heterocycles. The van der Waals surface area contributed by atoms with Crippen molar-refractivity contribution in [1.29, 1.82) is 0 Å². The molecular weight excluding hydrogens is 352 g/mol. The van der Waals surface area contributed by atoms with Gasteiger partial charge < -0.3 is 30.6 Å². The van der Waals surface area contributed by atoms with Gasteiger partial charge in [-0.15, -0.1) is 0 Å². The first-order valence-electron chi connectivity index (χ1n) is 7.62. The quantitative estimate of drug-likeness (QED) is 0.246. The summed E-state index contributed by atoms with van der Waals surface area (Å²) in [4.78, 5) is 40.1. The second-order valence-corrected chi connectivity index (χ2v) is 4.49. The van der Waals surface area contributed by atoms with Crippen LogP contribution in [0.15, 0.2) is 23.3 Å². The van der Waals surface area contributed by atoms with E-state index < -0.39 is 23.9 Å². The Morgan fingerprint density at radius 3 is 1.00 bits per heavy atom. The Labute approximate surface area is 150 Å². The fourth-order valence-corrected chi connectivity index (χ4v) is 1.15. The molecule has 0 radical (unpaired) electrons. The molecule has 0 aliphatic rings. The maximum Gasteiger partial charge on any atom is 0.331 e. The van der Waals surface area contributed by atoms with Crippen molar-refractivity contribution in [2.45, 2.75) is 39.5 Å². The van der Waals surface area contributed by atoms with Crippen molar-refractivity contribution in [1.82, 2.24) is 0 Å². The molecule has 0 saturated carbocycles. The van der Waals surface area contributed by atoms with Crippen LogP contribution in [0.3, 0.4) is 0 Å². The van der Waals surface area contributed by atoms with Crippen LogP contribution < -0.4 is 0 Å². The van der Waals surface area contributed by atoms with Crippen LogP contribution in [0.2, 0.25) is 0 Å². The van der Waals surface area contributed by atoms with Gasteiger partial charge in [-0.1, -0.05) is 13.8 Å². The van der Waals surface area contributed by atoms with Gasteiger partial charge in [-0.05, 0) is 25.7 Å². The van der Waals surface area contributed by atoms with E-state index >= 15 is 0 Å². The highest BCUT2D eigenvalue weighted by atomic mass is 16.4. The van der Waals surface area contributed by atoms with E-state index in [2.05, 4.69) is 0 Å². The minimum Gasteiger partial charge on any atom is -0.478 e. The molecule has 0 rings (SSSR count). The Kier molecular flexibility index (Phi) is 20.1. The molecule has 0 aromatic rings. The van der Waals surface area contributed by atoms with Crippen molar-refractivity contribution in [2.75, 3.05) is 13.2 Å². The summed E-state index contributed by atoms with van der Waals surface area (Å²) in [5, 5.41) is 49.0. The molecule has 0 aromatic carbocycles. The van der Waals surface area contributed by atoms with Gasteiger partial charge in [0, 0.05) is 36.5 Å². The largest absolute Gasteiger partial charge is 0.478 e. The number of rotatable bonds is 9. The van der Waals surface area contributed by atoms with Crippen molar-refractivity contribution in [3.63, 3.8) is 0 Å². The van der Waals surface area contributed by atoms with Gasteiger partial charge in [-0.2, -0.15) is 0 Å². The van der Waals surface area contributed by atoms with Gasteiger partial charge in [-0.25, -0.2) is 19.2 Å². The Bertz CT molecular complexity index is 459. The Morgan fingerprint density at radius 2 is 0.923 bits per heavy atom. The smallest absolute Gasteiger partial charge is 0.331 e. The van der Waals surface area contributed by atoms with Gasteiger partial charge in [0.15, 0.2) is 0 Å². The minimum absolute atomic E-state index is 0.0903. The summed E-state index contributed by atoms with van der Waals surface area (Å²) in [6.45, 7) is 3.56. The molecule has 26 heavy (non-hydrogen) atoms. The number of aliphatic carboxylic acids is 4. The second-order valence-electron chi connectivity index (χ2n) is 4.49. The van der Waals surface area contributed by atoms with Crippen LogP contribution in [0.4, 0.5) is 0 Å². The van der Waals surface area contributed by atoms with Crippen LogP contribution in [-0.4, -0.2) is 67.7 Å². The SMILES string of the molecule is CC/C(=C/C(=O)O)C(=O)O.CC/C(=C/C(=O)O)C(=O)O.OCCCCO. The molecule has 0 atom stereocenters. The van der Waals surface area contributed by atoms with Crippen molar-refractivity contribution in [3.05, 3.63) is 23.3 Å². The molecule has 0 aliphatic heterocycles. The first kappa shape index (κ1) is 28.1. The molecule has 150 valence electrons. The lowest BCUT2D eigenvalue weighted by molar-refractivity contribution is -0.135. The normalized spacial score (nSPS) is 10.6. The van der Waals surface area contributed by atoms with Crippen molar-refractivity contribution in [2.24, 2.45) is 0 Å². The minimum atomic E-state index is -1.22. The molecule has 0 fully saturated rings. The topological polar surface area (TPSA) is 190 Å². The van der Waals surface area contributed by atoms with E-state index in [1.165, 1.54) is 0 Å². The fourth-order valence-electron chi connectivity index (χ4n) is 1.15.